The van der Waals surface area contributed by atoms with Crippen molar-refractivity contribution in [2.45, 2.75) is 12.5 Å². The van der Waals surface area contributed by atoms with Crippen LogP contribution < -0.4 is 0 Å². The molecule has 0 spiro atoms. The number of rotatable bonds is 1. The zero-order chi connectivity index (χ0) is 4.57. The number of halogens is 1. The Bertz CT molecular complexity index is 53.5. The monoisotopic (exact) mass is 90.0 g/mol. The highest BCUT2D eigenvalue weighted by molar-refractivity contribution is 4.84. The van der Waals surface area contributed by atoms with Gasteiger partial charge in [-0.05, 0) is 6.42 Å². The van der Waals surface area contributed by atoms with E-state index in [9.17, 15) is 4.39 Å². The fourth-order valence-electron chi connectivity index (χ4n) is 0.397. The van der Waals surface area contributed by atoms with Crippen molar-refractivity contribution < 1.29 is 9.50 Å². The van der Waals surface area contributed by atoms with E-state index in [-0.39, 0.29) is 18.7 Å². The van der Waals surface area contributed by atoms with E-state index in [1.165, 1.54) is 0 Å². The smallest absolute Gasteiger partial charge is 0.0948 e. The number of alkyl halides is 1. The molecule has 36 valence electrons. The maximum absolute atomic E-state index is 11.3. The van der Waals surface area contributed by atoms with Crippen LogP contribution >= 0.6 is 0 Å². The van der Waals surface area contributed by atoms with Gasteiger partial charge in [-0.25, -0.2) is 0 Å². The summed E-state index contributed by atoms with van der Waals surface area (Å²) in [5.41, 5.74) is 0. The van der Waals surface area contributed by atoms with Crippen LogP contribution in [0, 0.1) is 5.92 Å². The van der Waals surface area contributed by atoms with Crippen molar-refractivity contribution in [2.24, 2.45) is 5.92 Å². The van der Waals surface area contributed by atoms with Crippen LogP contribution in [0.5, 0.6) is 0 Å². The molecule has 0 saturated heterocycles. The lowest BCUT2D eigenvalue weighted by Crippen LogP contribution is -1.84. The average molecular weight is 90.1 g/mol. The van der Waals surface area contributed by atoms with Gasteiger partial charge < -0.3 is 5.11 Å². The Balaban J connectivity index is 2.09. The van der Waals surface area contributed by atoms with Crippen molar-refractivity contribution in [1.82, 2.24) is 0 Å². The van der Waals surface area contributed by atoms with Crippen molar-refractivity contribution in [3.8, 4) is 0 Å². The third-order valence-electron chi connectivity index (χ3n) is 1.08. The minimum atomic E-state index is -0.346. The van der Waals surface area contributed by atoms with Gasteiger partial charge in [-0.1, -0.05) is 0 Å². The van der Waals surface area contributed by atoms with Crippen LogP contribution in [-0.4, -0.2) is 17.9 Å². The first kappa shape index (κ1) is 4.06. The Kier molecular flexibility index (Phi) is 0.804. The Hall–Kier alpha value is -0.110. The molecule has 0 amide bonds. The Morgan fingerprint density at radius 2 is 2.33 bits per heavy atom. The topological polar surface area (TPSA) is 20.2 Å². The third kappa shape index (κ3) is 0.522. The van der Waals surface area contributed by atoms with Gasteiger partial charge in [0, 0.05) is 5.92 Å². The highest BCUT2D eigenvalue weighted by Crippen LogP contribution is 2.29. The van der Waals surface area contributed by atoms with E-state index >= 15 is 0 Å². The predicted molar refractivity (Wildman–Crippen MR) is 20.1 cm³/mol. The summed E-state index contributed by atoms with van der Waals surface area (Å²) in [6.45, 7) is -0.346. The van der Waals surface area contributed by atoms with E-state index in [0.717, 1.165) is 0 Å². The van der Waals surface area contributed by atoms with Crippen molar-refractivity contribution in [3.05, 3.63) is 0 Å². The van der Waals surface area contributed by atoms with Crippen molar-refractivity contribution >= 4 is 0 Å². The molecule has 1 fully saturated rings. The summed E-state index contributed by atoms with van der Waals surface area (Å²) in [6, 6.07) is 0. The third-order valence-corrected chi connectivity index (χ3v) is 1.08. The summed E-state index contributed by atoms with van der Waals surface area (Å²) >= 11 is 0. The molecule has 0 aromatic carbocycles. The standard InChI is InChI=1S/C4H7FO/c5-2-3-1-4(3)6/h3-4,6H,1-2H2. The molecule has 0 aromatic heterocycles. The molecule has 1 saturated carbocycles. The van der Waals surface area contributed by atoms with Crippen LogP contribution in [0.25, 0.3) is 0 Å². The van der Waals surface area contributed by atoms with Gasteiger partial charge >= 0.3 is 0 Å². The summed E-state index contributed by atoms with van der Waals surface area (Å²) in [5.74, 6) is -0.00926. The molecule has 1 nitrogen and oxygen atoms in total. The predicted octanol–water partition coefficient (Wildman–Crippen LogP) is 0.337. The first-order valence-corrected chi connectivity index (χ1v) is 2.08. The lowest BCUT2D eigenvalue weighted by atomic mass is 10.5. The molecule has 1 rings (SSSR count). The van der Waals surface area contributed by atoms with Gasteiger partial charge in [-0.2, -0.15) is 0 Å². The number of aliphatic hydroxyl groups is 1. The summed E-state index contributed by atoms with van der Waals surface area (Å²) in [5, 5.41) is 8.39. The quantitative estimate of drug-likeness (QED) is 0.492. The van der Waals surface area contributed by atoms with E-state index in [0.29, 0.717) is 6.42 Å². The van der Waals surface area contributed by atoms with Gasteiger partial charge in [-0.15, -0.1) is 0 Å². The largest absolute Gasteiger partial charge is 0.393 e. The van der Waals surface area contributed by atoms with E-state index in [2.05, 4.69) is 0 Å². The maximum Gasteiger partial charge on any atom is 0.0948 e. The highest BCUT2D eigenvalue weighted by Gasteiger charge is 2.34. The van der Waals surface area contributed by atoms with Crippen molar-refractivity contribution in [1.29, 1.82) is 0 Å². The van der Waals surface area contributed by atoms with Gasteiger partial charge in [-0.3, -0.25) is 4.39 Å². The molecule has 6 heavy (non-hydrogen) atoms. The minimum Gasteiger partial charge on any atom is -0.393 e. The Morgan fingerprint density at radius 1 is 1.83 bits per heavy atom. The maximum atomic E-state index is 11.3. The Labute approximate surface area is 35.8 Å². The summed E-state index contributed by atoms with van der Waals surface area (Å²) in [7, 11) is 0. The second-order valence-corrected chi connectivity index (χ2v) is 1.72. The van der Waals surface area contributed by atoms with Gasteiger partial charge in [0.15, 0.2) is 0 Å². The van der Waals surface area contributed by atoms with Crippen LogP contribution in [0.1, 0.15) is 6.42 Å². The second-order valence-electron chi connectivity index (χ2n) is 1.72. The summed E-state index contributed by atoms with van der Waals surface area (Å²) < 4.78 is 11.3. The molecule has 1 N–H and O–H groups in total. The SMILES string of the molecule is OC1CC1CF. The molecule has 0 aliphatic heterocycles. The van der Waals surface area contributed by atoms with E-state index in [1.807, 2.05) is 0 Å². The van der Waals surface area contributed by atoms with Crippen LogP contribution in [0.4, 0.5) is 4.39 Å². The minimum absolute atomic E-state index is 0.00926. The molecule has 2 unspecified atom stereocenters. The fraction of sp³-hybridized carbons (Fsp3) is 1.00. The summed E-state index contributed by atoms with van der Waals surface area (Å²) in [6.07, 6.45) is 0.367. The van der Waals surface area contributed by atoms with Crippen LogP contribution in [-0.2, 0) is 0 Å². The van der Waals surface area contributed by atoms with E-state index in [4.69, 9.17) is 5.11 Å². The number of hydrogen-bond acceptors (Lipinski definition) is 1. The van der Waals surface area contributed by atoms with Gasteiger partial charge in [0.05, 0.1) is 12.8 Å². The van der Waals surface area contributed by atoms with Gasteiger partial charge in [0.25, 0.3) is 0 Å². The lowest BCUT2D eigenvalue weighted by molar-refractivity contribution is 0.247. The molecule has 2 heteroatoms. The molecule has 2 atom stereocenters. The number of aliphatic hydroxyl groups excluding tert-OH is 1. The molecule has 0 bridgehead atoms. The zero-order valence-corrected chi connectivity index (χ0v) is 3.39. The van der Waals surface area contributed by atoms with E-state index < -0.39 is 0 Å². The zero-order valence-electron chi connectivity index (χ0n) is 3.39. The van der Waals surface area contributed by atoms with Gasteiger partial charge in [0.2, 0.25) is 0 Å². The molecule has 1 aliphatic rings. The lowest BCUT2D eigenvalue weighted by Gasteiger charge is -1.76. The molecular formula is C4H7FO. The molecule has 0 radical (unpaired) electrons. The van der Waals surface area contributed by atoms with Crippen LogP contribution in [0.15, 0.2) is 0 Å². The first-order valence-electron chi connectivity index (χ1n) is 2.08. The normalized spacial score (nSPS) is 43.0. The fourth-order valence-corrected chi connectivity index (χ4v) is 0.397. The van der Waals surface area contributed by atoms with Crippen molar-refractivity contribution in [2.75, 3.05) is 6.67 Å². The summed E-state index contributed by atoms with van der Waals surface area (Å²) in [4.78, 5) is 0. The number of hydrogen-bond donors (Lipinski definition) is 1. The first-order chi connectivity index (χ1) is 2.84. The Morgan fingerprint density at radius 3 is 2.33 bits per heavy atom. The molecule has 1 aliphatic carbocycles. The average Bonchev–Trinajstić information content (AvgIpc) is 2.19. The van der Waals surface area contributed by atoms with Crippen LogP contribution in [0.2, 0.25) is 0 Å². The van der Waals surface area contributed by atoms with Crippen LogP contribution in [0.3, 0.4) is 0 Å². The van der Waals surface area contributed by atoms with Gasteiger partial charge in [0.1, 0.15) is 0 Å². The molecule has 0 aromatic rings. The highest BCUT2D eigenvalue weighted by atomic mass is 19.1. The molecule has 0 heterocycles. The van der Waals surface area contributed by atoms with E-state index in [1.54, 1.807) is 0 Å². The second kappa shape index (κ2) is 1.19. The van der Waals surface area contributed by atoms with Crippen molar-refractivity contribution in [3.63, 3.8) is 0 Å². The molecular weight excluding hydrogens is 83.0 g/mol.